The van der Waals surface area contributed by atoms with E-state index in [0.717, 1.165) is 35.6 Å². The van der Waals surface area contributed by atoms with Gasteiger partial charge in [-0.15, -0.1) is 0 Å². The summed E-state index contributed by atoms with van der Waals surface area (Å²) in [5, 5.41) is 12.1. The van der Waals surface area contributed by atoms with E-state index in [-0.39, 0.29) is 30.3 Å². The Morgan fingerprint density at radius 1 is 1.05 bits per heavy atom. The normalized spacial score (nSPS) is 12.9. The number of nitrogens with one attached hydrogen (secondary N) is 4. The van der Waals surface area contributed by atoms with Gasteiger partial charge in [0, 0.05) is 35.3 Å². The van der Waals surface area contributed by atoms with Gasteiger partial charge in [0.1, 0.15) is 17.3 Å². The summed E-state index contributed by atoms with van der Waals surface area (Å²) in [5.74, 6) is -1.77. The molecule has 2 aromatic carbocycles. The van der Waals surface area contributed by atoms with Gasteiger partial charge in [0.2, 0.25) is 5.95 Å². The molecule has 0 radical (unpaired) electrons. The minimum Gasteiger partial charge on any atom is -0.354 e. The van der Waals surface area contributed by atoms with Crippen LogP contribution in [0.15, 0.2) is 36.4 Å². The Balaban J connectivity index is 1.85. The zero-order valence-electron chi connectivity index (χ0n) is 23.4. The third kappa shape index (κ3) is 6.36. The first kappa shape index (κ1) is 28.9. The monoisotopic (exact) mass is 551 g/mol. The van der Waals surface area contributed by atoms with Crippen molar-refractivity contribution < 1.29 is 18.4 Å². The Morgan fingerprint density at radius 2 is 1.77 bits per heavy atom. The lowest BCUT2D eigenvalue weighted by Gasteiger charge is -2.31. The number of aromatic nitrogens is 2. The van der Waals surface area contributed by atoms with Crippen LogP contribution < -0.4 is 26.2 Å². The highest BCUT2D eigenvalue weighted by Gasteiger charge is 2.34. The molecule has 40 heavy (non-hydrogen) atoms. The molecule has 0 unspecified atom stereocenters. The highest BCUT2D eigenvalue weighted by Crippen LogP contribution is 2.39. The molecule has 2 heterocycles. The number of hydrogen-bond donors (Lipinski definition) is 4. The maximum absolute atomic E-state index is 14.9. The largest absolute Gasteiger partial charge is 0.354 e. The number of urea groups is 1. The first-order chi connectivity index (χ1) is 19.1. The van der Waals surface area contributed by atoms with E-state index in [9.17, 15) is 18.4 Å². The fourth-order valence-electron chi connectivity index (χ4n) is 4.41. The van der Waals surface area contributed by atoms with Crippen molar-refractivity contribution in [3.8, 4) is 11.3 Å². The number of rotatable bonds is 10. The minimum atomic E-state index is -0.902. The highest BCUT2D eigenvalue weighted by atomic mass is 19.1. The number of para-hydroxylation sites is 1. The zero-order valence-corrected chi connectivity index (χ0v) is 23.4. The Morgan fingerprint density at radius 3 is 2.45 bits per heavy atom. The number of carbonyl (C=O) groups excluding carboxylic acids is 2. The van der Waals surface area contributed by atoms with E-state index >= 15 is 0 Å². The van der Waals surface area contributed by atoms with Gasteiger partial charge in [-0.25, -0.2) is 23.5 Å². The quantitative estimate of drug-likeness (QED) is 0.263. The second kappa shape index (κ2) is 12.4. The van der Waals surface area contributed by atoms with Crippen LogP contribution in [0, 0.1) is 18.6 Å². The number of aryl methyl sites for hydroxylation is 1. The molecule has 11 heteroatoms. The summed E-state index contributed by atoms with van der Waals surface area (Å²) in [5.41, 5.74) is 2.30. The molecule has 1 aliphatic rings. The van der Waals surface area contributed by atoms with Crippen molar-refractivity contribution in [2.24, 2.45) is 0 Å². The van der Waals surface area contributed by atoms with Crippen molar-refractivity contribution in [3.05, 3.63) is 64.7 Å². The number of benzene rings is 2. The van der Waals surface area contributed by atoms with Gasteiger partial charge in [0.25, 0.3) is 5.91 Å². The number of hydrogen-bond acceptors (Lipinski definition) is 6. The summed E-state index contributed by atoms with van der Waals surface area (Å²) in [6, 6.07) is 8.27. The number of carbonyl (C=O) groups is 2. The second-order valence-electron chi connectivity index (χ2n) is 10.3. The average molecular weight is 552 g/mol. The predicted octanol–water partition coefficient (Wildman–Crippen LogP) is 5.03. The van der Waals surface area contributed by atoms with Crippen LogP contribution >= 0.6 is 0 Å². The number of amides is 3. The van der Waals surface area contributed by atoms with Gasteiger partial charge in [-0.05, 0) is 63.6 Å². The molecule has 1 aromatic heterocycles. The second-order valence-corrected chi connectivity index (χ2v) is 10.3. The van der Waals surface area contributed by atoms with Crippen LogP contribution in [0.3, 0.4) is 0 Å². The lowest BCUT2D eigenvalue weighted by Crippen LogP contribution is -2.43. The van der Waals surface area contributed by atoms with E-state index in [4.69, 9.17) is 4.98 Å². The fraction of sp³-hybridized carbons (Fsp3) is 0.379. The van der Waals surface area contributed by atoms with Gasteiger partial charge >= 0.3 is 6.03 Å². The van der Waals surface area contributed by atoms with Crippen LogP contribution in [0.25, 0.3) is 11.3 Å². The molecule has 0 spiro atoms. The van der Waals surface area contributed by atoms with Gasteiger partial charge in [0.15, 0.2) is 5.82 Å². The first-order valence-electron chi connectivity index (χ1n) is 13.4. The molecule has 4 rings (SSSR count). The molecule has 3 aromatic rings. The van der Waals surface area contributed by atoms with E-state index in [1.54, 1.807) is 12.1 Å². The van der Waals surface area contributed by atoms with E-state index in [0.29, 0.717) is 35.0 Å². The molecular formula is C29H35F2N7O2. The van der Waals surface area contributed by atoms with Crippen LogP contribution in [0.1, 0.15) is 55.6 Å². The molecule has 3 amide bonds. The predicted molar refractivity (Wildman–Crippen MR) is 152 cm³/mol. The van der Waals surface area contributed by atoms with Crippen LogP contribution in [0.4, 0.5) is 31.0 Å². The molecule has 0 aliphatic carbocycles. The SMILES string of the molecule is Cc1ccc(C(=O)NC(C)C)cc1-c1nc(NCCCNC(C)C)nc2c1CNC(=O)N2c1c(F)cccc1F. The lowest BCUT2D eigenvalue weighted by atomic mass is 9.97. The van der Waals surface area contributed by atoms with Crippen LogP contribution in [-0.4, -0.2) is 47.1 Å². The van der Waals surface area contributed by atoms with E-state index in [2.05, 4.69) is 40.1 Å². The third-order valence-corrected chi connectivity index (χ3v) is 6.34. The van der Waals surface area contributed by atoms with Crippen LogP contribution in [0.2, 0.25) is 0 Å². The minimum absolute atomic E-state index is 0.0382. The standard InChI is InChI=1S/C29H35F2N7O2/c1-16(2)32-12-7-13-33-28-36-24(20-14-19(11-10-18(20)5)27(39)35-17(3)4)21-15-34-29(40)38(26(21)37-28)25-22(30)8-6-9-23(25)31/h6,8-11,14,16-17,32H,7,12-13,15H2,1-5H3,(H,34,40)(H,35,39)(H,33,36,37). The van der Waals surface area contributed by atoms with Crippen LogP contribution in [0.5, 0.6) is 0 Å². The van der Waals surface area contributed by atoms with Gasteiger partial charge < -0.3 is 21.3 Å². The van der Waals surface area contributed by atoms with E-state index < -0.39 is 23.4 Å². The number of halogens is 2. The Hall–Kier alpha value is -4.12. The summed E-state index contributed by atoms with van der Waals surface area (Å²) in [4.78, 5) is 36.1. The third-order valence-electron chi connectivity index (χ3n) is 6.34. The number of nitrogens with zero attached hydrogens (tertiary/aromatic N) is 3. The molecule has 0 atom stereocenters. The highest BCUT2D eigenvalue weighted by molar-refractivity contribution is 6.02. The molecule has 4 N–H and O–H groups in total. The average Bonchev–Trinajstić information content (AvgIpc) is 2.88. The van der Waals surface area contributed by atoms with Crippen molar-refractivity contribution in [2.45, 2.75) is 59.7 Å². The molecule has 1 aliphatic heterocycles. The summed E-state index contributed by atoms with van der Waals surface area (Å²) in [6.07, 6.45) is 0.768. The summed E-state index contributed by atoms with van der Waals surface area (Å²) in [7, 11) is 0. The van der Waals surface area contributed by atoms with Gasteiger partial charge in [-0.3, -0.25) is 4.79 Å². The summed E-state index contributed by atoms with van der Waals surface area (Å²) < 4.78 is 29.8. The summed E-state index contributed by atoms with van der Waals surface area (Å²) in [6.45, 7) is 11.1. The fourth-order valence-corrected chi connectivity index (χ4v) is 4.41. The molecule has 0 saturated heterocycles. The maximum Gasteiger partial charge on any atom is 0.328 e. The molecule has 9 nitrogen and oxygen atoms in total. The molecule has 212 valence electrons. The van der Waals surface area contributed by atoms with Crippen molar-refractivity contribution in [1.29, 1.82) is 0 Å². The summed E-state index contributed by atoms with van der Waals surface area (Å²) >= 11 is 0. The molecule has 0 bridgehead atoms. The maximum atomic E-state index is 14.9. The van der Waals surface area contributed by atoms with E-state index in [1.807, 2.05) is 26.8 Å². The smallest absolute Gasteiger partial charge is 0.328 e. The van der Waals surface area contributed by atoms with Crippen molar-refractivity contribution in [2.75, 3.05) is 23.3 Å². The van der Waals surface area contributed by atoms with E-state index in [1.165, 1.54) is 6.07 Å². The topological polar surface area (TPSA) is 111 Å². The van der Waals surface area contributed by atoms with Crippen molar-refractivity contribution in [1.82, 2.24) is 25.9 Å². The van der Waals surface area contributed by atoms with Gasteiger partial charge in [0.05, 0.1) is 12.2 Å². The number of anilines is 3. The first-order valence-corrected chi connectivity index (χ1v) is 13.4. The molecular weight excluding hydrogens is 516 g/mol. The lowest BCUT2D eigenvalue weighted by molar-refractivity contribution is 0.0943. The Kier molecular flexibility index (Phi) is 8.93. The zero-order chi connectivity index (χ0) is 29.0. The van der Waals surface area contributed by atoms with Crippen molar-refractivity contribution >= 4 is 29.4 Å². The van der Waals surface area contributed by atoms with Gasteiger partial charge in [-0.2, -0.15) is 4.98 Å². The Labute approximate surface area is 232 Å². The molecule has 0 fully saturated rings. The Bertz CT molecular complexity index is 1390. The number of fused-ring (bicyclic) bond motifs is 1. The van der Waals surface area contributed by atoms with Gasteiger partial charge in [-0.1, -0.05) is 26.0 Å². The van der Waals surface area contributed by atoms with Crippen molar-refractivity contribution in [3.63, 3.8) is 0 Å². The molecule has 0 saturated carbocycles. The van der Waals surface area contributed by atoms with Crippen LogP contribution in [-0.2, 0) is 6.54 Å².